The number of non-ortho nitro benzene ring substituents is 1. The Morgan fingerprint density at radius 3 is 2.62 bits per heavy atom. The van der Waals surface area contributed by atoms with Gasteiger partial charge in [-0.15, -0.1) is 0 Å². The number of benzene rings is 2. The Morgan fingerprint density at radius 1 is 1.19 bits per heavy atom. The molecule has 110 valence electrons. The van der Waals surface area contributed by atoms with E-state index in [4.69, 9.17) is 4.84 Å². The molecular weight excluding hydrogens is 268 g/mol. The molecule has 1 atom stereocenters. The van der Waals surface area contributed by atoms with Gasteiger partial charge in [0.1, 0.15) is 0 Å². The van der Waals surface area contributed by atoms with Crippen molar-refractivity contribution in [1.29, 1.82) is 0 Å². The standard InChI is InChI=1S/C16H18N2O3/c1-2-16(14-9-6-10-15(11-14)18(19)20)17-21-12-13-7-4-3-5-8-13/h3-11,16-17H,2,12H2,1H3. The van der Waals surface area contributed by atoms with Gasteiger partial charge in [0.05, 0.1) is 17.6 Å². The average Bonchev–Trinajstić information content (AvgIpc) is 2.52. The smallest absolute Gasteiger partial charge is 0.269 e. The number of nitro groups is 1. The van der Waals surface area contributed by atoms with Crippen molar-refractivity contribution in [3.05, 3.63) is 75.8 Å². The van der Waals surface area contributed by atoms with Crippen LogP contribution in [0.25, 0.3) is 0 Å². The Morgan fingerprint density at radius 2 is 1.95 bits per heavy atom. The molecule has 0 amide bonds. The molecule has 2 aromatic carbocycles. The number of hydroxylamine groups is 1. The molecule has 0 saturated carbocycles. The first-order chi connectivity index (χ1) is 10.2. The van der Waals surface area contributed by atoms with E-state index in [1.807, 2.05) is 43.3 Å². The first-order valence-electron chi connectivity index (χ1n) is 6.86. The molecule has 0 aromatic heterocycles. The molecule has 0 aliphatic rings. The highest BCUT2D eigenvalue weighted by atomic mass is 16.6. The van der Waals surface area contributed by atoms with Gasteiger partial charge in [0.15, 0.2) is 0 Å². The summed E-state index contributed by atoms with van der Waals surface area (Å²) in [5.74, 6) is 0. The fourth-order valence-electron chi connectivity index (χ4n) is 2.04. The van der Waals surface area contributed by atoms with Crippen LogP contribution in [0.3, 0.4) is 0 Å². The number of hydrogen-bond acceptors (Lipinski definition) is 4. The van der Waals surface area contributed by atoms with E-state index in [0.717, 1.165) is 17.5 Å². The van der Waals surface area contributed by atoms with Crippen molar-refractivity contribution in [2.45, 2.75) is 26.0 Å². The molecule has 5 heteroatoms. The second-order valence-electron chi connectivity index (χ2n) is 4.71. The maximum atomic E-state index is 10.8. The number of nitrogens with zero attached hydrogens (tertiary/aromatic N) is 1. The summed E-state index contributed by atoms with van der Waals surface area (Å²) < 4.78 is 0. The van der Waals surface area contributed by atoms with Gasteiger partial charge in [0.25, 0.3) is 5.69 Å². The summed E-state index contributed by atoms with van der Waals surface area (Å²) in [5, 5.41) is 10.8. The number of hydrogen-bond donors (Lipinski definition) is 1. The van der Waals surface area contributed by atoms with Crippen LogP contribution in [0.15, 0.2) is 54.6 Å². The summed E-state index contributed by atoms with van der Waals surface area (Å²) >= 11 is 0. The van der Waals surface area contributed by atoms with Crippen molar-refractivity contribution in [2.75, 3.05) is 0 Å². The Hall–Kier alpha value is -2.24. The van der Waals surface area contributed by atoms with Gasteiger partial charge >= 0.3 is 0 Å². The molecule has 1 N–H and O–H groups in total. The van der Waals surface area contributed by atoms with Gasteiger partial charge in [-0.25, -0.2) is 0 Å². The highest BCUT2D eigenvalue weighted by molar-refractivity contribution is 5.35. The summed E-state index contributed by atoms with van der Waals surface area (Å²) in [4.78, 5) is 15.9. The summed E-state index contributed by atoms with van der Waals surface area (Å²) in [6.07, 6.45) is 0.774. The zero-order valence-corrected chi connectivity index (χ0v) is 11.9. The monoisotopic (exact) mass is 286 g/mol. The van der Waals surface area contributed by atoms with E-state index in [1.165, 1.54) is 6.07 Å². The summed E-state index contributed by atoms with van der Waals surface area (Å²) in [7, 11) is 0. The largest absolute Gasteiger partial charge is 0.296 e. The normalized spacial score (nSPS) is 12.0. The molecule has 5 nitrogen and oxygen atoms in total. The van der Waals surface area contributed by atoms with Crippen LogP contribution in [0.5, 0.6) is 0 Å². The molecule has 0 radical (unpaired) electrons. The van der Waals surface area contributed by atoms with Crippen molar-refractivity contribution in [3.8, 4) is 0 Å². The van der Waals surface area contributed by atoms with Crippen molar-refractivity contribution < 1.29 is 9.76 Å². The lowest BCUT2D eigenvalue weighted by molar-refractivity contribution is -0.384. The Kier molecular flexibility index (Phi) is 5.43. The lowest BCUT2D eigenvalue weighted by atomic mass is 10.1. The van der Waals surface area contributed by atoms with Gasteiger partial charge in [0.2, 0.25) is 0 Å². The molecule has 1 unspecified atom stereocenters. The molecule has 0 fully saturated rings. The Balaban J connectivity index is 1.96. The second-order valence-corrected chi connectivity index (χ2v) is 4.71. The minimum absolute atomic E-state index is 0.0754. The van der Waals surface area contributed by atoms with Crippen LogP contribution in [-0.4, -0.2) is 4.92 Å². The van der Waals surface area contributed by atoms with Gasteiger partial charge in [-0.3, -0.25) is 15.0 Å². The summed E-state index contributed by atoms with van der Waals surface area (Å²) in [6, 6.07) is 16.4. The van der Waals surface area contributed by atoms with Gasteiger partial charge in [-0.1, -0.05) is 49.4 Å². The Bertz CT molecular complexity index is 587. The van der Waals surface area contributed by atoms with Crippen LogP contribution in [0.1, 0.15) is 30.5 Å². The van der Waals surface area contributed by atoms with Crippen LogP contribution in [0.4, 0.5) is 5.69 Å². The molecule has 0 saturated heterocycles. The van der Waals surface area contributed by atoms with Gasteiger partial charge in [-0.2, -0.15) is 5.48 Å². The second kappa shape index (κ2) is 7.52. The minimum Gasteiger partial charge on any atom is -0.296 e. The van der Waals surface area contributed by atoms with Crippen molar-refractivity contribution in [2.24, 2.45) is 0 Å². The quantitative estimate of drug-likeness (QED) is 0.621. The van der Waals surface area contributed by atoms with Crippen molar-refractivity contribution in [3.63, 3.8) is 0 Å². The topological polar surface area (TPSA) is 64.4 Å². The van der Waals surface area contributed by atoms with Gasteiger partial charge in [0, 0.05) is 12.1 Å². The van der Waals surface area contributed by atoms with Gasteiger partial charge in [-0.05, 0) is 17.5 Å². The lowest BCUT2D eigenvalue weighted by Gasteiger charge is -2.17. The SMILES string of the molecule is CCC(NOCc1ccccc1)c1cccc([N+](=O)[O-])c1. The maximum absolute atomic E-state index is 10.8. The summed E-state index contributed by atoms with van der Waals surface area (Å²) in [6.45, 7) is 2.45. The fraction of sp³-hybridized carbons (Fsp3) is 0.250. The highest BCUT2D eigenvalue weighted by Gasteiger charge is 2.13. The molecular formula is C16H18N2O3. The molecule has 0 heterocycles. The molecule has 2 rings (SSSR count). The molecule has 0 spiro atoms. The third kappa shape index (κ3) is 4.37. The molecule has 0 aliphatic heterocycles. The van der Waals surface area contributed by atoms with Crippen LogP contribution in [0.2, 0.25) is 0 Å². The molecule has 2 aromatic rings. The van der Waals surface area contributed by atoms with Crippen molar-refractivity contribution in [1.82, 2.24) is 5.48 Å². The fourth-order valence-corrected chi connectivity index (χ4v) is 2.04. The third-order valence-corrected chi connectivity index (χ3v) is 3.20. The van der Waals surface area contributed by atoms with E-state index < -0.39 is 0 Å². The van der Waals surface area contributed by atoms with E-state index in [2.05, 4.69) is 5.48 Å². The predicted octanol–water partition coefficient (Wildman–Crippen LogP) is 3.77. The lowest BCUT2D eigenvalue weighted by Crippen LogP contribution is -2.21. The van der Waals surface area contributed by atoms with E-state index in [1.54, 1.807) is 12.1 Å². The van der Waals surface area contributed by atoms with E-state index in [0.29, 0.717) is 6.61 Å². The molecule has 21 heavy (non-hydrogen) atoms. The molecule has 0 aliphatic carbocycles. The average molecular weight is 286 g/mol. The Labute approximate surface area is 123 Å². The zero-order chi connectivity index (χ0) is 15.1. The van der Waals surface area contributed by atoms with E-state index >= 15 is 0 Å². The maximum Gasteiger partial charge on any atom is 0.269 e. The van der Waals surface area contributed by atoms with E-state index in [-0.39, 0.29) is 16.7 Å². The van der Waals surface area contributed by atoms with Crippen LogP contribution >= 0.6 is 0 Å². The molecule has 0 bridgehead atoms. The van der Waals surface area contributed by atoms with Crippen LogP contribution < -0.4 is 5.48 Å². The first kappa shape index (κ1) is 15.2. The van der Waals surface area contributed by atoms with E-state index in [9.17, 15) is 10.1 Å². The minimum atomic E-state index is -0.388. The summed E-state index contributed by atoms with van der Waals surface area (Å²) in [5.41, 5.74) is 4.99. The predicted molar refractivity (Wildman–Crippen MR) is 80.5 cm³/mol. The van der Waals surface area contributed by atoms with Crippen molar-refractivity contribution >= 4 is 5.69 Å². The number of nitro benzene ring substituents is 1. The highest BCUT2D eigenvalue weighted by Crippen LogP contribution is 2.21. The number of nitrogens with one attached hydrogen (secondary N) is 1. The third-order valence-electron chi connectivity index (χ3n) is 3.20. The number of rotatable bonds is 7. The first-order valence-corrected chi connectivity index (χ1v) is 6.86. The zero-order valence-electron chi connectivity index (χ0n) is 11.9. The van der Waals surface area contributed by atoms with Crippen LogP contribution in [0, 0.1) is 10.1 Å². The van der Waals surface area contributed by atoms with Gasteiger partial charge < -0.3 is 0 Å². The van der Waals surface area contributed by atoms with Crippen LogP contribution in [-0.2, 0) is 11.4 Å².